The van der Waals surface area contributed by atoms with Crippen LogP contribution >= 0.6 is 0 Å². The minimum atomic E-state index is -0.886. The molecular weight excluding hydrogens is 626 g/mol. The van der Waals surface area contributed by atoms with Crippen molar-refractivity contribution in [2.45, 2.75) is 84.4 Å². The maximum atomic E-state index is 14.2. The van der Waals surface area contributed by atoms with Crippen molar-refractivity contribution in [3.05, 3.63) is 106 Å². The molecule has 1 aliphatic carbocycles. The number of allylic oxidation sites excluding steroid dienone is 2. The summed E-state index contributed by atoms with van der Waals surface area (Å²) in [5.74, 6) is -1.77. The van der Waals surface area contributed by atoms with E-state index in [1.54, 1.807) is 11.1 Å². The number of aromatic hydroxyl groups is 1. The van der Waals surface area contributed by atoms with Gasteiger partial charge in [0.1, 0.15) is 5.75 Å². The number of likely N-dealkylation sites (tertiary alicyclic amines) is 2. The van der Waals surface area contributed by atoms with Gasteiger partial charge < -0.3 is 15.3 Å². The van der Waals surface area contributed by atoms with Crippen molar-refractivity contribution in [1.82, 2.24) is 14.8 Å². The van der Waals surface area contributed by atoms with Gasteiger partial charge >= 0.3 is 0 Å². The summed E-state index contributed by atoms with van der Waals surface area (Å²) >= 11 is 0. The zero-order chi connectivity index (χ0) is 35.4. The number of pyridine rings is 1. The quantitative estimate of drug-likeness (QED) is 0.149. The number of fused-ring (bicyclic) bond motifs is 1. The fourth-order valence-electron chi connectivity index (χ4n) is 8.61. The number of hydrogen-bond acceptors (Lipinski definition) is 7. The zero-order valence-electron chi connectivity index (χ0n) is 29.6. The molecule has 0 saturated carbocycles. The summed E-state index contributed by atoms with van der Waals surface area (Å²) in [7, 11) is 0. The normalized spacial score (nSPS) is 22.7. The monoisotopic (exact) mass is 677 g/mol. The van der Waals surface area contributed by atoms with Crippen molar-refractivity contribution in [2.75, 3.05) is 19.7 Å². The van der Waals surface area contributed by atoms with Gasteiger partial charge in [0, 0.05) is 37.8 Å². The predicted molar refractivity (Wildman–Crippen MR) is 196 cm³/mol. The largest absolute Gasteiger partial charge is 0.507 e. The molecule has 0 unspecified atom stereocenters. The third kappa shape index (κ3) is 7.48. The van der Waals surface area contributed by atoms with E-state index < -0.39 is 23.9 Å². The average Bonchev–Trinajstić information content (AvgIpc) is 3.37. The van der Waals surface area contributed by atoms with Gasteiger partial charge in [-0.05, 0) is 116 Å². The van der Waals surface area contributed by atoms with Crippen LogP contribution in [-0.4, -0.2) is 73.8 Å². The van der Waals surface area contributed by atoms with Crippen LogP contribution in [0.5, 0.6) is 5.75 Å². The van der Waals surface area contributed by atoms with E-state index in [1.807, 2.05) is 62.4 Å². The molecule has 4 atom stereocenters. The van der Waals surface area contributed by atoms with Gasteiger partial charge in [-0.25, -0.2) is 0 Å². The molecule has 2 saturated heterocycles. The highest BCUT2D eigenvalue weighted by Gasteiger charge is 2.56. The van der Waals surface area contributed by atoms with E-state index in [4.69, 9.17) is 0 Å². The van der Waals surface area contributed by atoms with E-state index in [0.29, 0.717) is 25.7 Å². The van der Waals surface area contributed by atoms with Crippen LogP contribution in [0.2, 0.25) is 0 Å². The third-order valence-corrected chi connectivity index (χ3v) is 11.0. The van der Waals surface area contributed by atoms with Crippen molar-refractivity contribution in [2.24, 2.45) is 17.8 Å². The number of aromatic nitrogens is 1. The van der Waals surface area contributed by atoms with Crippen molar-refractivity contribution in [1.29, 1.82) is 0 Å². The molecule has 0 spiro atoms. The number of piperidine rings is 1. The van der Waals surface area contributed by atoms with E-state index in [0.717, 1.165) is 78.0 Å². The van der Waals surface area contributed by atoms with E-state index >= 15 is 0 Å². The van der Waals surface area contributed by atoms with Gasteiger partial charge in [0.05, 0.1) is 30.2 Å². The van der Waals surface area contributed by atoms with E-state index in [1.165, 1.54) is 5.56 Å². The molecular formula is C42H51N3O5. The minimum Gasteiger partial charge on any atom is -0.507 e. The lowest BCUT2D eigenvalue weighted by atomic mass is 9.67. The van der Waals surface area contributed by atoms with Crippen LogP contribution in [0, 0.1) is 31.6 Å². The number of imide groups is 1. The molecule has 6 rings (SSSR count). The van der Waals surface area contributed by atoms with Gasteiger partial charge in [0.15, 0.2) is 0 Å². The lowest BCUT2D eigenvalue weighted by Gasteiger charge is -2.37. The van der Waals surface area contributed by atoms with Crippen LogP contribution in [-0.2, 0) is 16.1 Å². The maximum absolute atomic E-state index is 14.2. The SMILES string of the molecule is CCCC1=C([C@H](O)CC/C(=C/c2cc(C)c(O)c(C)c2)c2ccccn2)[C@H](CO)[C@@H]2C(=O)N(C3CCN(Cc4ccccc4)CC3)C(=O)[C@@H]2C1. The van der Waals surface area contributed by atoms with Crippen molar-refractivity contribution < 1.29 is 24.9 Å². The second kappa shape index (κ2) is 15.8. The smallest absolute Gasteiger partial charge is 0.234 e. The summed E-state index contributed by atoms with van der Waals surface area (Å²) in [4.78, 5) is 36.7. The molecule has 3 aromatic rings. The van der Waals surface area contributed by atoms with Crippen molar-refractivity contribution in [3.8, 4) is 5.75 Å². The number of aliphatic hydroxyl groups is 2. The van der Waals surface area contributed by atoms with E-state index in [2.05, 4.69) is 35.0 Å². The number of rotatable bonds is 12. The Kier molecular flexibility index (Phi) is 11.3. The van der Waals surface area contributed by atoms with Crippen LogP contribution in [0.15, 0.2) is 78.0 Å². The Labute approximate surface area is 296 Å². The Bertz CT molecular complexity index is 1710. The van der Waals surface area contributed by atoms with Gasteiger partial charge in [-0.1, -0.05) is 55.3 Å². The molecule has 3 heterocycles. The molecule has 3 N–H and O–H groups in total. The fraction of sp³-hybridized carbons (Fsp3) is 0.452. The Balaban J connectivity index is 1.20. The first kappa shape index (κ1) is 35.7. The van der Waals surface area contributed by atoms with Crippen molar-refractivity contribution in [3.63, 3.8) is 0 Å². The van der Waals surface area contributed by atoms with Crippen LogP contribution in [0.25, 0.3) is 11.6 Å². The number of carbonyl (C=O) groups excluding carboxylic acids is 2. The molecule has 8 nitrogen and oxygen atoms in total. The number of nitrogens with zero attached hydrogens (tertiary/aromatic N) is 3. The number of aliphatic hydroxyl groups excluding tert-OH is 2. The molecule has 2 aliphatic heterocycles. The zero-order valence-corrected chi connectivity index (χ0v) is 29.6. The molecule has 50 heavy (non-hydrogen) atoms. The number of phenolic OH excluding ortho intramolecular Hbond substituents is 1. The number of carbonyl (C=O) groups is 2. The first-order chi connectivity index (χ1) is 24.2. The van der Waals surface area contributed by atoms with Gasteiger partial charge in [0.2, 0.25) is 11.8 Å². The maximum Gasteiger partial charge on any atom is 0.234 e. The fourth-order valence-corrected chi connectivity index (χ4v) is 8.61. The summed E-state index contributed by atoms with van der Waals surface area (Å²) in [6, 6.07) is 19.8. The summed E-state index contributed by atoms with van der Waals surface area (Å²) in [5.41, 5.74) is 7.26. The van der Waals surface area contributed by atoms with Crippen molar-refractivity contribution >= 4 is 23.5 Å². The van der Waals surface area contributed by atoms with E-state index in [9.17, 15) is 24.9 Å². The lowest BCUT2D eigenvalue weighted by Crippen LogP contribution is -2.47. The summed E-state index contributed by atoms with van der Waals surface area (Å²) < 4.78 is 0. The first-order valence-corrected chi connectivity index (χ1v) is 18.3. The second-order valence-electron chi connectivity index (χ2n) is 14.4. The van der Waals surface area contributed by atoms with Crippen LogP contribution in [0.3, 0.4) is 0 Å². The van der Waals surface area contributed by atoms with E-state index in [-0.39, 0.29) is 30.2 Å². The number of phenols is 1. The molecule has 264 valence electrons. The van der Waals surface area contributed by atoms with Gasteiger partial charge in [-0.3, -0.25) is 24.4 Å². The van der Waals surface area contributed by atoms with Gasteiger partial charge in [-0.2, -0.15) is 0 Å². The Morgan fingerprint density at radius 2 is 1.70 bits per heavy atom. The molecule has 2 amide bonds. The number of aryl methyl sites for hydroxylation is 2. The molecule has 2 fully saturated rings. The Morgan fingerprint density at radius 3 is 2.34 bits per heavy atom. The summed E-state index contributed by atoms with van der Waals surface area (Å²) in [6.07, 6.45) is 7.27. The number of amides is 2. The summed E-state index contributed by atoms with van der Waals surface area (Å²) in [5, 5.41) is 33.1. The molecule has 8 heteroatoms. The Morgan fingerprint density at radius 1 is 1.00 bits per heavy atom. The second-order valence-corrected chi connectivity index (χ2v) is 14.4. The van der Waals surface area contributed by atoms with Crippen LogP contribution in [0.4, 0.5) is 0 Å². The highest BCUT2D eigenvalue weighted by atomic mass is 16.3. The molecule has 3 aliphatic rings. The number of benzene rings is 2. The Hall–Kier alpha value is -4.11. The predicted octanol–water partition coefficient (Wildman–Crippen LogP) is 6.46. The highest BCUT2D eigenvalue weighted by Crippen LogP contribution is 2.48. The summed E-state index contributed by atoms with van der Waals surface area (Å²) in [6.45, 7) is 8.02. The van der Waals surface area contributed by atoms with Gasteiger partial charge in [0.25, 0.3) is 0 Å². The topological polar surface area (TPSA) is 114 Å². The molecule has 1 aromatic heterocycles. The lowest BCUT2D eigenvalue weighted by molar-refractivity contribution is -0.144. The number of hydrogen-bond donors (Lipinski definition) is 3. The highest BCUT2D eigenvalue weighted by molar-refractivity contribution is 6.06. The minimum absolute atomic E-state index is 0.109. The molecule has 0 radical (unpaired) electrons. The van der Waals surface area contributed by atoms with Crippen LogP contribution in [0.1, 0.15) is 79.8 Å². The van der Waals surface area contributed by atoms with Gasteiger partial charge in [-0.15, -0.1) is 0 Å². The molecule has 2 aromatic carbocycles. The third-order valence-electron chi connectivity index (χ3n) is 11.0. The first-order valence-electron chi connectivity index (χ1n) is 18.3. The molecule has 0 bridgehead atoms. The average molecular weight is 678 g/mol. The van der Waals surface area contributed by atoms with Crippen LogP contribution < -0.4 is 0 Å². The standard InChI is InChI=1S/C42H51N3O5/c1-4-10-32-24-34-39(42(50)45(41(34)49)33-16-19-44(20-17-33)25-29-11-6-5-7-12-29)35(26-46)38(32)37(47)15-14-31(36-13-8-9-18-43-36)23-30-21-27(2)40(48)28(3)22-30/h5-9,11-13,18,21-23,33-35,37,39,46-48H,4,10,14-17,19-20,24-26H2,1-3H3/b31-23-/t34-,35+,37-,39-/m1/s1.